The Kier molecular flexibility index (Phi) is 5.20. The van der Waals surface area contributed by atoms with Crippen molar-refractivity contribution in [1.29, 1.82) is 0 Å². The van der Waals surface area contributed by atoms with Crippen LogP contribution >= 0.6 is 23.1 Å². The maximum Gasteiger partial charge on any atom is 0.0601 e. The van der Waals surface area contributed by atoms with E-state index in [1.165, 1.54) is 90.1 Å². The molecule has 44 heavy (non-hydrogen) atoms. The predicted molar refractivity (Wildman–Crippen MR) is 194 cm³/mol. The zero-order valence-corrected chi connectivity index (χ0v) is 25.8. The van der Waals surface area contributed by atoms with Gasteiger partial charge in [0.2, 0.25) is 0 Å². The average molecular weight is 598 g/mol. The number of allylic oxidation sites excluding steroid dienone is 3. The van der Waals surface area contributed by atoms with Crippen LogP contribution in [0.25, 0.3) is 63.3 Å². The summed E-state index contributed by atoms with van der Waals surface area (Å²) in [5.41, 5.74) is 3.81. The summed E-state index contributed by atoms with van der Waals surface area (Å²) in [5.74, 6) is 0.567. The summed E-state index contributed by atoms with van der Waals surface area (Å²) in [4.78, 5) is 5.27. The van der Waals surface area contributed by atoms with E-state index < -0.39 is 0 Å². The van der Waals surface area contributed by atoms with Gasteiger partial charge in [0.1, 0.15) is 0 Å². The number of thiophene rings is 1. The first-order chi connectivity index (χ1) is 21.7. The molecule has 0 N–H and O–H groups in total. The number of anilines is 2. The summed E-state index contributed by atoms with van der Waals surface area (Å²) in [6.07, 6.45) is 5.79. The monoisotopic (exact) mass is 597 g/mol. The molecule has 208 valence electrons. The molecule has 0 spiro atoms. The second-order valence-corrected chi connectivity index (χ2v) is 14.3. The van der Waals surface area contributed by atoms with Gasteiger partial charge in [-0.3, -0.25) is 0 Å². The van der Waals surface area contributed by atoms with Gasteiger partial charge in [-0.25, -0.2) is 0 Å². The van der Waals surface area contributed by atoms with E-state index in [9.17, 15) is 0 Å². The van der Waals surface area contributed by atoms with Crippen LogP contribution in [-0.4, -0.2) is 0 Å². The third kappa shape index (κ3) is 3.43. The summed E-state index contributed by atoms with van der Waals surface area (Å²) in [6.45, 7) is 2.31. The van der Waals surface area contributed by atoms with Crippen LogP contribution in [0.1, 0.15) is 13.3 Å². The van der Waals surface area contributed by atoms with E-state index in [1.54, 1.807) is 0 Å². The lowest BCUT2D eigenvalue weighted by molar-refractivity contribution is 0.719. The van der Waals surface area contributed by atoms with E-state index in [1.807, 2.05) is 23.1 Å². The summed E-state index contributed by atoms with van der Waals surface area (Å²) >= 11 is 3.87. The Morgan fingerprint density at radius 2 is 1.32 bits per heavy atom. The zero-order chi connectivity index (χ0) is 28.9. The molecule has 1 nitrogen and oxygen atoms in total. The van der Waals surface area contributed by atoms with Gasteiger partial charge >= 0.3 is 0 Å². The number of nitrogens with zero attached hydrogens (tertiary/aromatic N) is 1. The number of benzene rings is 7. The molecule has 1 aromatic heterocycles. The highest BCUT2D eigenvalue weighted by molar-refractivity contribution is 8.03. The minimum Gasteiger partial charge on any atom is -0.309 e. The SMILES string of the molecule is CC1C=CC2=C(C1)Sc1ccccc1N2c1ccc2c(ccc3c2sc2ccc4c5ccccc5c5ccccc5c4c23)c1. The fourth-order valence-corrected chi connectivity index (χ4v) is 10.1. The summed E-state index contributed by atoms with van der Waals surface area (Å²) in [6, 6.07) is 43.1. The van der Waals surface area contributed by atoms with E-state index in [4.69, 9.17) is 0 Å². The Balaban J connectivity index is 1.23. The second-order valence-electron chi connectivity index (χ2n) is 12.2. The molecule has 1 aliphatic carbocycles. The number of thioether (sulfide) groups is 1. The van der Waals surface area contributed by atoms with Crippen LogP contribution in [0.2, 0.25) is 0 Å². The van der Waals surface area contributed by atoms with Gasteiger partial charge in [0.05, 0.1) is 11.4 Å². The first kappa shape index (κ1) is 24.8. The van der Waals surface area contributed by atoms with Crippen LogP contribution in [0.15, 0.2) is 143 Å². The molecule has 0 radical (unpaired) electrons. The third-order valence-corrected chi connectivity index (χ3v) is 11.9. The van der Waals surface area contributed by atoms with Gasteiger partial charge in [0.25, 0.3) is 0 Å². The Bertz CT molecular complexity index is 2550. The van der Waals surface area contributed by atoms with Crippen LogP contribution in [0.3, 0.4) is 0 Å². The van der Waals surface area contributed by atoms with Gasteiger partial charge in [-0.05, 0) is 91.8 Å². The highest BCUT2D eigenvalue weighted by atomic mass is 32.2. The lowest BCUT2D eigenvalue weighted by atomic mass is 9.91. The quantitative estimate of drug-likeness (QED) is 0.173. The molecular formula is C41H27NS2. The molecule has 1 atom stereocenters. The molecule has 0 saturated carbocycles. The van der Waals surface area contributed by atoms with Gasteiger partial charge in [-0.1, -0.05) is 110 Å². The first-order valence-corrected chi connectivity index (χ1v) is 17.0. The molecule has 8 aromatic rings. The smallest absolute Gasteiger partial charge is 0.0601 e. The van der Waals surface area contributed by atoms with Gasteiger partial charge in [-0.2, -0.15) is 0 Å². The number of hydrogen-bond donors (Lipinski definition) is 0. The zero-order valence-electron chi connectivity index (χ0n) is 24.2. The van der Waals surface area contributed by atoms with Gasteiger partial charge in [0, 0.05) is 35.7 Å². The van der Waals surface area contributed by atoms with E-state index >= 15 is 0 Å². The van der Waals surface area contributed by atoms with Crippen LogP contribution in [0.5, 0.6) is 0 Å². The van der Waals surface area contributed by atoms with Crippen LogP contribution in [-0.2, 0) is 0 Å². The van der Waals surface area contributed by atoms with Gasteiger partial charge in [-0.15, -0.1) is 11.3 Å². The van der Waals surface area contributed by atoms with Gasteiger partial charge in [0.15, 0.2) is 0 Å². The Morgan fingerprint density at radius 3 is 2.16 bits per heavy atom. The number of hydrogen-bond acceptors (Lipinski definition) is 3. The van der Waals surface area contributed by atoms with E-state index in [-0.39, 0.29) is 0 Å². The first-order valence-electron chi connectivity index (χ1n) is 15.3. The molecule has 10 rings (SSSR count). The van der Waals surface area contributed by atoms with Crippen molar-refractivity contribution in [3.05, 3.63) is 138 Å². The van der Waals surface area contributed by atoms with Crippen LogP contribution in [0.4, 0.5) is 11.4 Å². The molecule has 7 aromatic carbocycles. The Morgan fingerprint density at radius 1 is 0.636 bits per heavy atom. The minimum absolute atomic E-state index is 0.567. The highest BCUT2D eigenvalue weighted by Crippen LogP contribution is 2.51. The van der Waals surface area contributed by atoms with Crippen molar-refractivity contribution in [1.82, 2.24) is 0 Å². The number of rotatable bonds is 1. The van der Waals surface area contributed by atoms with Crippen molar-refractivity contribution >= 4 is 97.7 Å². The average Bonchev–Trinajstić information content (AvgIpc) is 3.46. The van der Waals surface area contributed by atoms with Crippen molar-refractivity contribution in [3.8, 4) is 0 Å². The molecule has 2 aliphatic rings. The standard InChI is InChI=1S/C41H27NS2/c1-24-14-20-35-38(22-24)43-36-13-7-6-12-34(36)42(35)26-16-18-27-25(23-26)15-17-33-40-37(44-41(27)33)21-19-32-30-10-3-2-8-28(30)29-9-4-5-11-31(29)39(32)40/h2-21,23-24H,22H2,1H3. The minimum atomic E-state index is 0.567. The fraction of sp³-hybridized carbons (Fsp3) is 0.0732. The molecule has 3 heteroatoms. The number of fused-ring (bicyclic) bond motifs is 13. The fourth-order valence-electron chi connectivity index (χ4n) is 7.55. The van der Waals surface area contributed by atoms with Crippen molar-refractivity contribution in [2.24, 2.45) is 5.92 Å². The van der Waals surface area contributed by atoms with Crippen molar-refractivity contribution in [2.45, 2.75) is 18.2 Å². The molecule has 0 saturated heterocycles. The molecule has 0 fully saturated rings. The van der Waals surface area contributed by atoms with E-state index in [0.29, 0.717) is 5.92 Å². The van der Waals surface area contributed by atoms with Crippen molar-refractivity contribution < 1.29 is 0 Å². The second kappa shape index (κ2) is 9.22. The topological polar surface area (TPSA) is 3.24 Å². The molecule has 0 amide bonds. The molecule has 2 heterocycles. The number of para-hydroxylation sites is 1. The van der Waals surface area contributed by atoms with E-state index in [0.717, 1.165) is 6.42 Å². The van der Waals surface area contributed by atoms with Crippen LogP contribution < -0.4 is 4.90 Å². The maximum absolute atomic E-state index is 2.48. The summed E-state index contributed by atoms with van der Waals surface area (Å²) in [5, 5.41) is 13.4. The normalized spacial score (nSPS) is 16.6. The molecule has 1 unspecified atom stereocenters. The largest absolute Gasteiger partial charge is 0.309 e. The van der Waals surface area contributed by atoms with E-state index in [2.05, 4.69) is 139 Å². The lowest BCUT2D eigenvalue weighted by Crippen LogP contribution is -2.22. The predicted octanol–water partition coefficient (Wildman–Crippen LogP) is 12.7. The molecule has 1 aliphatic heterocycles. The summed E-state index contributed by atoms with van der Waals surface area (Å²) < 4.78 is 2.72. The lowest BCUT2D eigenvalue weighted by Gasteiger charge is -2.36. The summed E-state index contributed by atoms with van der Waals surface area (Å²) in [7, 11) is 0. The maximum atomic E-state index is 2.48. The highest BCUT2D eigenvalue weighted by Gasteiger charge is 2.28. The van der Waals surface area contributed by atoms with Gasteiger partial charge < -0.3 is 4.90 Å². The molecule has 0 bridgehead atoms. The Hall–Kier alpha value is -4.57. The van der Waals surface area contributed by atoms with Crippen molar-refractivity contribution in [2.75, 3.05) is 4.90 Å². The third-order valence-electron chi connectivity index (χ3n) is 9.52. The van der Waals surface area contributed by atoms with Crippen molar-refractivity contribution in [3.63, 3.8) is 0 Å². The van der Waals surface area contributed by atoms with Crippen LogP contribution in [0, 0.1) is 5.92 Å². The molecular weight excluding hydrogens is 571 g/mol. The Labute approximate surface area is 263 Å².